The lowest BCUT2D eigenvalue weighted by Crippen LogP contribution is -2.46. The van der Waals surface area contributed by atoms with Crippen LogP contribution in [0.2, 0.25) is 0 Å². The van der Waals surface area contributed by atoms with Crippen molar-refractivity contribution >= 4 is 11.8 Å². The van der Waals surface area contributed by atoms with Crippen LogP contribution >= 0.6 is 11.8 Å². The van der Waals surface area contributed by atoms with Gasteiger partial charge in [-0.2, -0.15) is 11.8 Å². The maximum Gasteiger partial charge on any atom is 0.0506 e. The van der Waals surface area contributed by atoms with Crippen LogP contribution in [0.1, 0.15) is 26.7 Å². The number of rotatable bonds is 2. The predicted octanol–water partition coefficient (Wildman–Crippen LogP) is 1.90. The molecule has 0 saturated carbocycles. The van der Waals surface area contributed by atoms with E-state index in [0.717, 1.165) is 24.5 Å². The minimum atomic E-state index is 0.685. The van der Waals surface area contributed by atoms with E-state index in [4.69, 9.17) is 4.74 Å². The second-order valence-electron chi connectivity index (χ2n) is 4.69. The Kier molecular flexibility index (Phi) is 3.74. The molecule has 0 amide bonds. The summed E-state index contributed by atoms with van der Waals surface area (Å²) in [5.41, 5.74) is 0. The van der Waals surface area contributed by atoms with E-state index in [9.17, 15) is 0 Å². The lowest BCUT2D eigenvalue weighted by molar-refractivity contribution is 0.0365. The van der Waals surface area contributed by atoms with Gasteiger partial charge in [-0.3, -0.25) is 0 Å². The Labute approximate surface area is 91.2 Å². The first-order valence-corrected chi connectivity index (χ1v) is 6.76. The van der Waals surface area contributed by atoms with Gasteiger partial charge in [-0.05, 0) is 18.8 Å². The SMILES string of the molecule is CC1CC(NC2CCOCC2C)CS1. The van der Waals surface area contributed by atoms with Crippen molar-refractivity contribution in [3.8, 4) is 0 Å². The van der Waals surface area contributed by atoms with Gasteiger partial charge in [0, 0.05) is 29.7 Å². The summed E-state index contributed by atoms with van der Waals surface area (Å²) in [5.74, 6) is 1.98. The molecular formula is C11H21NOS. The molecule has 82 valence electrons. The van der Waals surface area contributed by atoms with Gasteiger partial charge in [0.15, 0.2) is 0 Å². The molecule has 4 atom stereocenters. The summed E-state index contributed by atoms with van der Waals surface area (Å²) in [7, 11) is 0. The Hall–Kier alpha value is 0.270. The minimum absolute atomic E-state index is 0.685. The molecule has 2 saturated heterocycles. The fourth-order valence-corrected chi connectivity index (χ4v) is 3.53. The third kappa shape index (κ3) is 2.65. The highest BCUT2D eigenvalue weighted by Gasteiger charge is 2.28. The molecule has 3 heteroatoms. The molecule has 4 unspecified atom stereocenters. The van der Waals surface area contributed by atoms with E-state index in [1.807, 2.05) is 0 Å². The van der Waals surface area contributed by atoms with Crippen LogP contribution in [0.3, 0.4) is 0 Å². The molecule has 0 radical (unpaired) electrons. The molecule has 2 aliphatic rings. The lowest BCUT2D eigenvalue weighted by Gasteiger charge is -2.32. The number of hydrogen-bond acceptors (Lipinski definition) is 3. The van der Waals surface area contributed by atoms with Gasteiger partial charge >= 0.3 is 0 Å². The molecule has 1 N–H and O–H groups in total. The van der Waals surface area contributed by atoms with Crippen LogP contribution in [0.15, 0.2) is 0 Å². The highest BCUT2D eigenvalue weighted by atomic mass is 32.2. The summed E-state index contributed by atoms with van der Waals surface area (Å²) in [6, 6.07) is 1.44. The number of thioether (sulfide) groups is 1. The van der Waals surface area contributed by atoms with E-state index >= 15 is 0 Å². The van der Waals surface area contributed by atoms with E-state index in [0.29, 0.717) is 12.0 Å². The summed E-state index contributed by atoms with van der Waals surface area (Å²) in [6.07, 6.45) is 2.53. The van der Waals surface area contributed by atoms with Crippen LogP contribution in [-0.4, -0.2) is 36.3 Å². The maximum atomic E-state index is 5.45. The van der Waals surface area contributed by atoms with Crippen molar-refractivity contribution in [3.05, 3.63) is 0 Å². The largest absolute Gasteiger partial charge is 0.381 e. The summed E-state index contributed by atoms with van der Waals surface area (Å²) in [5, 5.41) is 4.65. The van der Waals surface area contributed by atoms with E-state index in [-0.39, 0.29) is 0 Å². The van der Waals surface area contributed by atoms with Gasteiger partial charge in [0.1, 0.15) is 0 Å². The summed E-state index contributed by atoms with van der Waals surface area (Å²) < 4.78 is 5.45. The standard InChI is InChI=1S/C11H21NOS/c1-8-6-13-4-3-11(8)12-10-5-9(2)14-7-10/h8-12H,3-7H2,1-2H3. The van der Waals surface area contributed by atoms with E-state index in [1.165, 1.54) is 18.6 Å². The van der Waals surface area contributed by atoms with E-state index in [2.05, 4.69) is 30.9 Å². The first kappa shape index (κ1) is 10.8. The molecule has 2 nitrogen and oxygen atoms in total. The summed E-state index contributed by atoms with van der Waals surface area (Å²) in [6.45, 7) is 6.51. The fourth-order valence-electron chi connectivity index (χ4n) is 2.36. The summed E-state index contributed by atoms with van der Waals surface area (Å²) >= 11 is 2.10. The third-order valence-corrected chi connectivity index (χ3v) is 4.65. The van der Waals surface area contributed by atoms with Crippen molar-refractivity contribution in [2.24, 2.45) is 5.92 Å². The molecule has 0 aliphatic carbocycles. The average Bonchev–Trinajstić information content (AvgIpc) is 2.56. The quantitative estimate of drug-likeness (QED) is 0.760. The third-order valence-electron chi connectivity index (χ3n) is 3.29. The molecule has 2 rings (SSSR count). The Morgan fingerprint density at radius 3 is 2.86 bits per heavy atom. The first-order valence-electron chi connectivity index (χ1n) is 5.71. The highest BCUT2D eigenvalue weighted by Crippen LogP contribution is 2.27. The second kappa shape index (κ2) is 4.86. The van der Waals surface area contributed by atoms with E-state index < -0.39 is 0 Å². The second-order valence-corrected chi connectivity index (χ2v) is 6.16. The zero-order chi connectivity index (χ0) is 9.97. The van der Waals surface area contributed by atoms with Gasteiger partial charge < -0.3 is 10.1 Å². The summed E-state index contributed by atoms with van der Waals surface area (Å²) in [4.78, 5) is 0. The molecule has 0 aromatic carbocycles. The number of hydrogen-bond donors (Lipinski definition) is 1. The predicted molar refractivity (Wildman–Crippen MR) is 61.8 cm³/mol. The monoisotopic (exact) mass is 215 g/mol. The molecule has 0 aromatic heterocycles. The maximum absolute atomic E-state index is 5.45. The average molecular weight is 215 g/mol. The Balaban J connectivity index is 1.78. The van der Waals surface area contributed by atoms with Crippen LogP contribution in [0.25, 0.3) is 0 Å². The van der Waals surface area contributed by atoms with Gasteiger partial charge in [-0.15, -0.1) is 0 Å². The smallest absolute Gasteiger partial charge is 0.0506 e. The van der Waals surface area contributed by atoms with Gasteiger partial charge in [0.05, 0.1) is 6.61 Å². The van der Waals surface area contributed by atoms with Crippen molar-refractivity contribution in [1.29, 1.82) is 0 Å². The topological polar surface area (TPSA) is 21.3 Å². The van der Waals surface area contributed by atoms with Crippen LogP contribution < -0.4 is 5.32 Å². The highest BCUT2D eigenvalue weighted by molar-refractivity contribution is 8.00. The van der Waals surface area contributed by atoms with Crippen molar-refractivity contribution < 1.29 is 4.74 Å². The van der Waals surface area contributed by atoms with Crippen LogP contribution in [0, 0.1) is 5.92 Å². The Morgan fingerprint density at radius 1 is 1.36 bits per heavy atom. The van der Waals surface area contributed by atoms with Crippen LogP contribution in [0.4, 0.5) is 0 Å². The van der Waals surface area contributed by atoms with Crippen LogP contribution in [0.5, 0.6) is 0 Å². The first-order chi connectivity index (χ1) is 6.75. The fraction of sp³-hybridized carbons (Fsp3) is 1.00. The van der Waals surface area contributed by atoms with Gasteiger partial charge in [-0.1, -0.05) is 13.8 Å². The number of nitrogens with one attached hydrogen (secondary N) is 1. The zero-order valence-corrected chi connectivity index (χ0v) is 9.98. The molecule has 0 aromatic rings. The molecule has 0 spiro atoms. The zero-order valence-electron chi connectivity index (χ0n) is 9.16. The molecule has 2 heterocycles. The van der Waals surface area contributed by atoms with Crippen LogP contribution in [-0.2, 0) is 4.74 Å². The Morgan fingerprint density at radius 2 is 2.21 bits per heavy atom. The van der Waals surface area contributed by atoms with Gasteiger partial charge in [0.2, 0.25) is 0 Å². The molecule has 2 fully saturated rings. The molecular weight excluding hydrogens is 194 g/mol. The minimum Gasteiger partial charge on any atom is -0.381 e. The lowest BCUT2D eigenvalue weighted by atomic mass is 9.96. The molecule has 14 heavy (non-hydrogen) atoms. The van der Waals surface area contributed by atoms with Crippen molar-refractivity contribution in [1.82, 2.24) is 5.32 Å². The van der Waals surface area contributed by atoms with Crippen molar-refractivity contribution in [2.75, 3.05) is 19.0 Å². The van der Waals surface area contributed by atoms with Crippen molar-refractivity contribution in [2.45, 2.75) is 44.0 Å². The molecule has 2 aliphatic heterocycles. The van der Waals surface area contributed by atoms with E-state index in [1.54, 1.807) is 0 Å². The number of ether oxygens (including phenoxy) is 1. The Bertz CT molecular complexity index is 188. The van der Waals surface area contributed by atoms with Gasteiger partial charge in [0.25, 0.3) is 0 Å². The molecule has 0 bridgehead atoms. The van der Waals surface area contributed by atoms with Gasteiger partial charge in [-0.25, -0.2) is 0 Å². The van der Waals surface area contributed by atoms with Crippen molar-refractivity contribution in [3.63, 3.8) is 0 Å². The normalized spacial score (nSPS) is 44.1.